The Morgan fingerprint density at radius 1 is 0.848 bits per heavy atom. The number of carbonyl (C=O) groups excluding carboxylic acids is 2. The van der Waals surface area contributed by atoms with E-state index in [0.717, 1.165) is 58.6 Å². The third kappa shape index (κ3) is 16.2. The zero-order valence-corrected chi connectivity index (χ0v) is 51.0. The smallest absolute Gasteiger partial charge is 0.395 e. The molecule has 1 fully saturated rings. The van der Waals surface area contributed by atoms with Crippen LogP contribution in [0.25, 0.3) is 32.7 Å². The number of hydrogen-bond acceptors (Lipinski definition) is 9. The van der Waals surface area contributed by atoms with Gasteiger partial charge in [0, 0.05) is 34.5 Å². The number of aromatic nitrogens is 3. The first kappa shape index (κ1) is 63.0. The molecule has 3 N–H and O–H groups in total. The zero-order chi connectivity index (χ0) is 58.8. The molecular formula is C64H82N5O8PS. The molecule has 15 heteroatoms. The number of anilines is 1. The first-order chi connectivity index (χ1) is 37.0. The number of nitrogens with one attached hydrogen (secondary N) is 2. The Bertz CT molecular complexity index is 3280. The van der Waals surface area contributed by atoms with Crippen LogP contribution in [0.2, 0.25) is 0 Å². The van der Waals surface area contributed by atoms with Gasteiger partial charge in [-0.15, -0.1) is 0 Å². The maximum atomic E-state index is 14.2. The van der Waals surface area contributed by atoms with Crippen molar-refractivity contribution in [3.63, 3.8) is 0 Å². The van der Waals surface area contributed by atoms with E-state index in [1.165, 1.54) is 0 Å². The number of phenols is 1. The van der Waals surface area contributed by atoms with E-state index in [1.54, 1.807) is 35.0 Å². The van der Waals surface area contributed by atoms with Crippen LogP contribution in [0.15, 0.2) is 103 Å². The van der Waals surface area contributed by atoms with Gasteiger partial charge in [-0.1, -0.05) is 170 Å². The minimum absolute atomic E-state index is 0.0703. The topological polar surface area (TPSA) is 166 Å². The predicted octanol–water partition coefficient (Wildman–Crippen LogP) is 17.5. The number of H-pyrrole nitrogens is 1. The first-order valence-electron chi connectivity index (χ1n) is 27.0. The summed E-state index contributed by atoms with van der Waals surface area (Å²) < 4.78 is 45.1. The molecule has 2 heterocycles. The molecule has 2 aromatic heterocycles. The summed E-state index contributed by atoms with van der Waals surface area (Å²) in [5.74, 6) is 2.26. The number of para-hydroxylation sites is 1. The number of hydrogen-bond donors (Lipinski definition) is 3. The highest BCUT2D eigenvalue weighted by molar-refractivity contribution is 7.82. The van der Waals surface area contributed by atoms with Crippen molar-refractivity contribution in [2.45, 2.75) is 148 Å². The maximum absolute atomic E-state index is 14.2. The van der Waals surface area contributed by atoms with Gasteiger partial charge in [0.15, 0.2) is 17.8 Å². The van der Waals surface area contributed by atoms with Crippen LogP contribution in [-0.2, 0) is 26.0 Å². The fourth-order valence-electron chi connectivity index (χ4n) is 10.6. The predicted molar refractivity (Wildman–Crippen MR) is 322 cm³/mol. The number of rotatable bonds is 12. The van der Waals surface area contributed by atoms with E-state index in [0.29, 0.717) is 45.7 Å². The molecule has 1 aliphatic carbocycles. The number of benzene rings is 5. The molecule has 79 heavy (non-hydrogen) atoms. The van der Waals surface area contributed by atoms with Gasteiger partial charge in [0.2, 0.25) is 5.69 Å². The lowest BCUT2D eigenvalue weighted by atomic mass is 9.59. The van der Waals surface area contributed by atoms with Gasteiger partial charge in [0.1, 0.15) is 28.9 Å². The minimum Gasteiger partial charge on any atom is -0.507 e. The van der Waals surface area contributed by atoms with E-state index in [4.69, 9.17) is 20.5 Å². The van der Waals surface area contributed by atoms with Gasteiger partial charge < -0.3 is 18.6 Å². The second kappa shape index (κ2) is 26.4. The second-order valence-electron chi connectivity index (χ2n) is 24.5. The van der Waals surface area contributed by atoms with Crippen LogP contribution in [-0.4, -0.2) is 42.3 Å². The molecule has 0 saturated heterocycles. The summed E-state index contributed by atoms with van der Waals surface area (Å²) in [6, 6.07) is 29.8. The Morgan fingerprint density at radius 3 is 2.05 bits per heavy atom. The van der Waals surface area contributed by atoms with E-state index < -0.39 is 17.2 Å². The fourth-order valence-corrected chi connectivity index (χ4v) is 11.6. The molecule has 5 aromatic carbocycles. The number of aromatic hydroxyl groups is 1. The Balaban J connectivity index is 0.000000372. The standard InChI is InChI=1S/C44H61N5O4S.C12H10O2.C6H5O2P.C2H6/c1-26-20-31(42(7,8)9)37(32(21-26)43(10,11)12)52-40(50)36-34(45-15)24-49-39(36)46-38(47-49)29-18-16-27(2)33(22-29)48-54(51)53-35-23-30(19-17-28(35)3)44(13,14)25-41(4,5)6;1-8-5-6-10-9(7-13)3-2-4-11(10)12(8)14;7-9-8-6-4-2-1-3-5-6;1-2/h16-19,22-24,26,31-32,37,48H,20-21,25H2,1-14H3,(H,46,47);2-7,14H,1H3;1-5H;1-2H3. The molecule has 13 nitrogen and oxygen atoms in total. The van der Waals surface area contributed by atoms with Crippen LogP contribution in [0.5, 0.6) is 17.2 Å². The lowest BCUT2D eigenvalue weighted by Gasteiger charge is -2.50. The van der Waals surface area contributed by atoms with Crippen molar-refractivity contribution in [2.75, 3.05) is 4.72 Å². The highest BCUT2D eigenvalue weighted by atomic mass is 32.2. The van der Waals surface area contributed by atoms with Crippen LogP contribution in [0.3, 0.4) is 0 Å². The van der Waals surface area contributed by atoms with Crippen molar-refractivity contribution in [3.05, 3.63) is 148 Å². The Labute approximate surface area is 473 Å². The molecule has 0 bridgehead atoms. The van der Waals surface area contributed by atoms with Gasteiger partial charge >= 0.3 is 25.9 Å². The Hall–Kier alpha value is -6.81. The summed E-state index contributed by atoms with van der Waals surface area (Å²) in [6.07, 6.45) is 5.03. The molecule has 3 unspecified atom stereocenters. The molecule has 8 rings (SSSR count). The summed E-state index contributed by atoms with van der Waals surface area (Å²) in [5, 5.41) is 14.5. The third-order valence-electron chi connectivity index (χ3n) is 14.4. The molecule has 0 spiro atoms. The SMILES string of the molecule is CC.Cc1ccc2c(C=O)cccc2c1O.O=POc1ccccc1.[C-]#[N+]c1cn2[nH]c(-c3ccc(C)c(NS(=O)Oc4cc(C(C)(C)CC(C)(C)C)ccc4C)c3)nc2c1C(=O)OC1C(C(C)(C)C)CC(C)CC1C(C)(C)C. The molecule has 1 aliphatic rings. The molecule has 422 valence electrons. The van der Waals surface area contributed by atoms with E-state index in [9.17, 15) is 23.5 Å². The van der Waals surface area contributed by atoms with Crippen molar-refractivity contribution in [1.29, 1.82) is 0 Å². The van der Waals surface area contributed by atoms with Crippen molar-refractivity contribution in [1.82, 2.24) is 14.6 Å². The zero-order valence-electron chi connectivity index (χ0n) is 49.3. The molecule has 0 amide bonds. The summed E-state index contributed by atoms with van der Waals surface area (Å²) in [6.45, 7) is 44.4. The van der Waals surface area contributed by atoms with E-state index in [-0.39, 0.29) is 65.3 Å². The monoisotopic (exact) mass is 1110 g/mol. The van der Waals surface area contributed by atoms with E-state index in [2.05, 4.69) is 108 Å². The van der Waals surface area contributed by atoms with Crippen LogP contribution < -0.4 is 13.4 Å². The number of fused-ring (bicyclic) bond motifs is 2. The molecule has 7 aromatic rings. The minimum atomic E-state index is -1.89. The number of phenolic OH excluding ortho intramolecular Hbond substituents is 1. The summed E-state index contributed by atoms with van der Waals surface area (Å²) in [7, 11) is -0.305. The second-order valence-corrected chi connectivity index (χ2v) is 25.7. The van der Waals surface area contributed by atoms with Crippen LogP contribution in [0.1, 0.15) is 159 Å². The molecule has 0 aliphatic heterocycles. The van der Waals surface area contributed by atoms with Gasteiger partial charge in [-0.3, -0.25) is 19.1 Å². The summed E-state index contributed by atoms with van der Waals surface area (Å²) in [4.78, 5) is 33.4. The number of esters is 1. The number of aromatic amines is 1. The van der Waals surface area contributed by atoms with E-state index >= 15 is 0 Å². The van der Waals surface area contributed by atoms with Gasteiger partial charge in [-0.05, 0) is 120 Å². The highest BCUT2D eigenvalue weighted by Gasteiger charge is 2.48. The first-order valence-corrected chi connectivity index (χ1v) is 28.8. The summed E-state index contributed by atoms with van der Waals surface area (Å²) in [5.41, 5.74) is 6.23. The maximum Gasteiger partial charge on any atom is 0.395 e. The molecule has 0 radical (unpaired) electrons. The summed E-state index contributed by atoms with van der Waals surface area (Å²) >= 11 is -1.89. The van der Waals surface area contributed by atoms with Crippen molar-refractivity contribution in [3.8, 4) is 28.6 Å². The van der Waals surface area contributed by atoms with Crippen LogP contribution in [0, 0.1) is 61.3 Å². The molecule has 3 atom stereocenters. The van der Waals surface area contributed by atoms with E-state index in [1.807, 2.05) is 101 Å². The van der Waals surface area contributed by atoms with Gasteiger partial charge in [-0.25, -0.2) is 19.2 Å². The van der Waals surface area contributed by atoms with Crippen LogP contribution >= 0.6 is 8.69 Å². The Kier molecular flexibility index (Phi) is 21.1. The molecular weight excluding hydrogens is 1030 g/mol. The lowest BCUT2D eigenvalue weighted by molar-refractivity contribution is -0.0922. The van der Waals surface area contributed by atoms with Gasteiger partial charge in [0.05, 0.1) is 12.3 Å². The number of nitrogens with zero attached hydrogens (tertiary/aromatic N) is 3. The normalized spacial score (nSPS) is 16.9. The van der Waals surface area contributed by atoms with Gasteiger partial charge in [-0.2, -0.15) is 4.21 Å². The largest absolute Gasteiger partial charge is 0.507 e. The Morgan fingerprint density at radius 2 is 1.47 bits per heavy atom. The lowest BCUT2D eigenvalue weighted by Crippen LogP contribution is -2.49. The fraction of sp³-hybridized carbons (Fsp3) is 0.438. The number of aryl methyl sites for hydroxylation is 3. The highest BCUT2D eigenvalue weighted by Crippen LogP contribution is 2.50. The van der Waals surface area contributed by atoms with Crippen molar-refractivity contribution in [2.24, 2.45) is 34.0 Å². The quantitative estimate of drug-likeness (QED) is 0.0467. The third-order valence-corrected chi connectivity index (χ3v) is 15.4. The number of aldehydes is 1. The number of ether oxygens (including phenoxy) is 1. The van der Waals surface area contributed by atoms with Crippen molar-refractivity contribution < 1.29 is 36.9 Å². The number of carbonyl (C=O) groups is 2. The van der Waals surface area contributed by atoms with Crippen LogP contribution in [0.4, 0.5) is 11.4 Å². The average molecular weight is 1110 g/mol. The average Bonchev–Trinajstić information content (AvgIpc) is 4.11. The molecule has 1 saturated carbocycles. The van der Waals surface area contributed by atoms with Crippen molar-refractivity contribution >= 4 is 60.0 Å². The van der Waals surface area contributed by atoms with Gasteiger partial charge in [0.25, 0.3) is 0 Å².